The standard InChI is InChI=1S/C23H34BO2Si.C14H23OSi.C9H11O.C4H8O.2BrH.2Mg/c1-15-11-19(25-8)12-16(2)21(15)24-22-17(3)13-20(14-18(22)4)26-27(9,10)23(5,6)7;1-11-8-12(2)10-13(9-11)15-16(6,7)14(3,4)5;1-7-4-8(2)6-9(5-7)10-3;1-2-4-5-3-1;;;;/h11-14H,1-10H3;9-10H,1-7H3;5-6H,1-3H3;1-4H2;2*1H;;/q;2*-1;;;;2*+2/p-2. The van der Waals surface area contributed by atoms with E-state index in [9.17, 15) is 0 Å². The first-order chi connectivity index (χ1) is 26.7. The Morgan fingerprint density at radius 1 is 0.484 bits per heavy atom. The van der Waals surface area contributed by atoms with E-state index < -0.39 is 16.6 Å². The first kappa shape index (κ1) is 65.3. The van der Waals surface area contributed by atoms with E-state index in [4.69, 9.17) is 23.1 Å². The summed E-state index contributed by atoms with van der Waals surface area (Å²) in [4.78, 5) is 0. The van der Waals surface area contributed by atoms with Crippen LogP contribution in [-0.2, 0) is 4.74 Å². The summed E-state index contributed by atoms with van der Waals surface area (Å²) >= 11 is 0. The molecule has 1 fully saturated rings. The van der Waals surface area contributed by atoms with E-state index in [1.165, 1.54) is 46.0 Å². The molecular formula is C50H76BBr2Mg2O5Si2. The normalized spacial score (nSPS) is 12.0. The summed E-state index contributed by atoms with van der Waals surface area (Å²) in [6.07, 6.45) is 2.56. The molecule has 1 radical (unpaired) electrons. The summed E-state index contributed by atoms with van der Waals surface area (Å²) in [5, 5.41) is 0.436. The molecule has 1 heterocycles. The first-order valence-corrected chi connectivity index (χ1v) is 26.6. The molecule has 62 heavy (non-hydrogen) atoms. The summed E-state index contributed by atoms with van der Waals surface area (Å²) in [7, 11) is 2.15. The van der Waals surface area contributed by atoms with E-state index >= 15 is 0 Å². The van der Waals surface area contributed by atoms with Crippen molar-refractivity contribution < 1.29 is 57.0 Å². The Balaban J connectivity index is -0.000000842. The number of ether oxygens (including phenoxy) is 3. The van der Waals surface area contributed by atoms with Crippen LogP contribution in [0.15, 0.2) is 48.5 Å². The molecule has 5 rings (SSSR count). The average molecular weight is 1030 g/mol. The molecule has 0 aromatic heterocycles. The van der Waals surface area contributed by atoms with Gasteiger partial charge >= 0.3 is 46.1 Å². The van der Waals surface area contributed by atoms with Crippen LogP contribution in [0, 0.1) is 67.5 Å². The zero-order valence-corrected chi connectivity index (χ0v) is 50.2. The van der Waals surface area contributed by atoms with E-state index in [1.54, 1.807) is 14.2 Å². The van der Waals surface area contributed by atoms with Gasteiger partial charge in [0.05, 0.1) is 14.2 Å². The predicted molar refractivity (Wildman–Crippen MR) is 267 cm³/mol. The van der Waals surface area contributed by atoms with Crippen LogP contribution in [0.1, 0.15) is 98.9 Å². The zero-order chi connectivity index (χ0) is 44.2. The van der Waals surface area contributed by atoms with Crippen molar-refractivity contribution in [2.24, 2.45) is 0 Å². The fraction of sp³-hybridized carbons (Fsp3) is 0.520. The monoisotopic (exact) mass is 1030 g/mol. The van der Waals surface area contributed by atoms with Gasteiger partial charge in [0.1, 0.15) is 11.5 Å². The van der Waals surface area contributed by atoms with Gasteiger partial charge in [-0.2, -0.15) is 34.4 Å². The van der Waals surface area contributed by atoms with Gasteiger partial charge in [0.2, 0.25) is 16.6 Å². The Morgan fingerprint density at radius 2 is 0.742 bits per heavy atom. The third kappa shape index (κ3) is 21.6. The number of benzene rings is 4. The number of hydrogen-bond acceptors (Lipinski definition) is 5. The first-order valence-electron chi connectivity index (χ1n) is 20.8. The molecule has 1 aliphatic heterocycles. The third-order valence-electron chi connectivity index (χ3n) is 11.3. The summed E-state index contributed by atoms with van der Waals surface area (Å²) in [5.41, 5.74) is 12.0. The van der Waals surface area contributed by atoms with Crippen LogP contribution < -0.4 is 63.2 Å². The molecule has 4 aromatic rings. The smallest absolute Gasteiger partial charge is 1.00 e. The maximum Gasteiger partial charge on any atom is 2.00 e. The molecule has 0 amide bonds. The summed E-state index contributed by atoms with van der Waals surface area (Å²) in [5.74, 6) is 3.82. The van der Waals surface area contributed by atoms with Gasteiger partial charge in [0.25, 0.3) is 0 Å². The van der Waals surface area contributed by atoms with Crippen LogP contribution in [0.4, 0.5) is 0 Å². The maximum absolute atomic E-state index is 6.52. The van der Waals surface area contributed by atoms with Gasteiger partial charge in [0, 0.05) is 19.0 Å². The molecule has 12 heteroatoms. The molecule has 0 saturated carbocycles. The van der Waals surface area contributed by atoms with Crippen LogP contribution in [-0.4, -0.2) is 97.5 Å². The topological polar surface area (TPSA) is 46.2 Å². The average Bonchev–Trinajstić information content (AvgIpc) is 3.66. The minimum absolute atomic E-state index is 0. The van der Waals surface area contributed by atoms with Gasteiger partial charge in [-0.05, 0) is 107 Å². The molecule has 0 unspecified atom stereocenters. The predicted octanol–water partition coefficient (Wildman–Crippen LogP) is 5.61. The minimum Gasteiger partial charge on any atom is -1.00 e. The number of aryl methyl sites for hydroxylation is 8. The van der Waals surface area contributed by atoms with Crippen LogP contribution in [0.25, 0.3) is 0 Å². The van der Waals surface area contributed by atoms with Gasteiger partial charge in [0.15, 0.2) is 7.28 Å². The van der Waals surface area contributed by atoms with Crippen molar-refractivity contribution in [1.29, 1.82) is 0 Å². The molecule has 0 aliphatic carbocycles. The Hall–Kier alpha value is -0.969. The van der Waals surface area contributed by atoms with Crippen LogP contribution in [0.2, 0.25) is 36.3 Å². The van der Waals surface area contributed by atoms with Gasteiger partial charge in [-0.3, -0.25) is 0 Å². The Morgan fingerprint density at radius 3 is 1.00 bits per heavy atom. The zero-order valence-electron chi connectivity index (χ0n) is 42.2. The van der Waals surface area contributed by atoms with Gasteiger partial charge < -0.3 is 57.0 Å². The van der Waals surface area contributed by atoms with Gasteiger partial charge in [-0.25, -0.2) is 0 Å². The summed E-state index contributed by atoms with van der Waals surface area (Å²) < 4.78 is 28.2. The Labute approximate surface area is 435 Å². The van der Waals surface area contributed by atoms with Crippen LogP contribution in [0.5, 0.6) is 23.0 Å². The minimum atomic E-state index is -1.84. The van der Waals surface area contributed by atoms with E-state index in [2.05, 4.69) is 165 Å². The van der Waals surface area contributed by atoms with Crippen LogP contribution >= 0.6 is 0 Å². The fourth-order valence-electron chi connectivity index (χ4n) is 5.93. The Kier molecular flexibility index (Phi) is 30.5. The molecule has 4 aromatic carbocycles. The van der Waals surface area contributed by atoms with Gasteiger partial charge in [-0.1, -0.05) is 102 Å². The quantitative estimate of drug-likeness (QED) is 0.170. The van der Waals surface area contributed by atoms with E-state index in [0.717, 1.165) is 58.5 Å². The summed E-state index contributed by atoms with van der Waals surface area (Å²) in [6.45, 7) is 41.5. The molecule has 1 saturated heterocycles. The van der Waals surface area contributed by atoms with Crippen molar-refractivity contribution in [3.05, 3.63) is 105 Å². The largest absolute Gasteiger partial charge is 2.00 e. The number of halogens is 2. The van der Waals surface area contributed by atoms with Crippen molar-refractivity contribution in [3.63, 3.8) is 0 Å². The Bertz CT molecular complexity index is 1850. The molecule has 5 nitrogen and oxygen atoms in total. The van der Waals surface area contributed by atoms with Crippen molar-refractivity contribution in [3.8, 4) is 23.0 Å². The van der Waals surface area contributed by atoms with Crippen molar-refractivity contribution in [2.75, 3.05) is 27.4 Å². The fourth-order valence-corrected chi connectivity index (χ4v) is 7.96. The number of methoxy groups -OCH3 is 2. The molecular weight excluding hydrogens is 956 g/mol. The number of hydrogen-bond donors (Lipinski definition) is 0. The molecule has 0 spiro atoms. The van der Waals surface area contributed by atoms with Crippen molar-refractivity contribution in [2.45, 2.75) is 146 Å². The second-order valence-corrected chi connectivity index (χ2v) is 28.4. The van der Waals surface area contributed by atoms with Crippen LogP contribution in [0.3, 0.4) is 0 Å². The van der Waals surface area contributed by atoms with E-state index in [-0.39, 0.29) is 90.1 Å². The summed E-state index contributed by atoms with van der Waals surface area (Å²) in [6, 6.07) is 23.1. The SMILES string of the molecule is C1CCOC1.COc1cc(C)[c-]c(C)c1.COc1cc(C)c([B]c2c(C)cc(O[Si](C)(C)C(C)(C)C)cc2C)c(C)c1.Cc1[c-]c(C)cc(O[Si](C)(C)C(C)(C)C)c1.[Br-].[Br-].[Mg+2].[Mg+2]. The maximum atomic E-state index is 6.52. The molecule has 0 bridgehead atoms. The number of rotatable bonds is 8. The third-order valence-corrected chi connectivity index (χ3v) is 20.0. The van der Waals surface area contributed by atoms with E-state index in [1.807, 2.05) is 26.0 Å². The van der Waals surface area contributed by atoms with Crippen molar-refractivity contribution >= 4 is 80.9 Å². The molecule has 0 atom stereocenters. The van der Waals surface area contributed by atoms with Gasteiger partial charge in [-0.15, -0.1) is 24.3 Å². The second-order valence-electron chi connectivity index (χ2n) is 18.9. The second kappa shape index (κ2) is 28.9. The van der Waals surface area contributed by atoms with Crippen molar-refractivity contribution in [1.82, 2.24) is 0 Å². The molecule has 1 aliphatic rings. The van der Waals surface area contributed by atoms with E-state index in [0.29, 0.717) is 0 Å². The molecule has 335 valence electrons. The molecule has 0 N–H and O–H groups in total.